The van der Waals surface area contributed by atoms with Gasteiger partial charge in [0.1, 0.15) is 5.82 Å². The van der Waals surface area contributed by atoms with Gasteiger partial charge in [-0.05, 0) is 54.4 Å². The van der Waals surface area contributed by atoms with Crippen LogP contribution in [0.15, 0.2) is 89.7 Å². The van der Waals surface area contributed by atoms with Crippen molar-refractivity contribution in [2.24, 2.45) is 0 Å². The Bertz CT molecular complexity index is 1350. The summed E-state index contributed by atoms with van der Waals surface area (Å²) in [6, 6.07) is 25.8. The fraction of sp³-hybridized carbons (Fsp3) is 0.241. The molecule has 0 spiro atoms. The van der Waals surface area contributed by atoms with E-state index in [9.17, 15) is 9.18 Å². The number of aryl methyl sites for hydroxylation is 1. The minimum Gasteiger partial charge on any atom is -0.369 e. The highest BCUT2D eigenvalue weighted by molar-refractivity contribution is 6.30. The molecule has 7 heteroatoms. The van der Waals surface area contributed by atoms with Gasteiger partial charge in [-0.25, -0.2) is 9.07 Å². The number of hydrogen-bond donors (Lipinski definition) is 0. The molecule has 0 atom stereocenters. The summed E-state index contributed by atoms with van der Waals surface area (Å²) < 4.78 is 14.8. The Morgan fingerprint density at radius 2 is 1.50 bits per heavy atom. The van der Waals surface area contributed by atoms with E-state index in [-0.39, 0.29) is 11.4 Å². The van der Waals surface area contributed by atoms with Crippen LogP contribution in [0.1, 0.15) is 6.42 Å². The van der Waals surface area contributed by atoms with Gasteiger partial charge in [0.15, 0.2) is 0 Å². The van der Waals surface area contributed by atoms with Crippen LogP contribution in [0, 0.1) is 5.82 Å². The summed E-state index contributed by atoms with van der Waals surface area (Å²) in [7, 11) is 0. The van der Waals surface area contributed by atoms with Crippen molar-refractivity contribution in [1.82, 2.24) is 14.7 Å². The Hall–Kier alpha value is -3.48. The van der Waals surface area contributed by atoms with Gasteiger partial charge in [-0.1, -0.05) is 54.1 Å². The number of nitrogens with zero attached hydrogens (tertiary/aromatic N) is 4. The number of rotatable bonds is 7. The Labute approximate surface area is 215 Å². The first-order valence-electron chi connectivity index (χ1n) is 12.2. The molecule has 1 aromatic heterocycles. The second kappa shape index (κ2) is 11.1. The quantitative estimate of drug-likeness (QED) is 0.331. The van der Waals surface area contributed by atoms with Gasteiger partial charge in [0.2, 0.25) is 0 Å². The lowest BCUT2D eigenvalue weighted by atomic mass is 10.0. The highest BCUT2D eigenvalue weighted by atomic mass is 35.5. The number of aromatic nitrogens is 2. The zero-order valence-corrected chi connectivity index (χ0v) is 20.7. The molecule has 4 aromatic rings. The van der Waals surface area contributed by atoms with Crippen molar-refractivity contribution in [3.8, 4) is 22.4 Å². The van der Waals surface area contributed by atoms with Gasteiger partial charge in [0.25, 0.3) is 5.56 Å². The van der Waals surface area contributed by atoms with Gasteiger partial charge in [0.05, 0.1) is 11.3 Å². The third-order valence-corrected chi connectivity index (χ3v) is 6.86. The zero-order chi connectivity index (χ0) is 24.9. The normalized spacial score (nSPS) is 14.2. The molecule has 2 heterocycles. The molecule has 5 nitrogen and oxygen atoms in total. The topological polar surface area (TPSA) is 41.4 Å². The first-order valence-corrected chi connectivity index (χ1v) is 12.6. The van der Waals surface area contributed by atoms with Crippen LogP contribution in [0.25, 0.3) is 22.4 Å². The number of benzene rings is 3. The van der Waals surface area contributed by atoms with Crippen LogP contribution in [-0.4, -0.2) is 47.4 Å². The van der Waals surface area contributed by atoms with Gasteiger partial charge in [0, 0.05) is 55.5 Å². The molecule has 1 aliphatic rings. The van der Waals surface area contributed by atoms with Crippen molar-refractivity contribution in [3.05, 3.63) is 106 Å². The van der Waals surface area contributed by atoms with Crippen molar-refractivity contribution in [2.45, 2.75) is 13.0 Å². The van der Waals surface area contributed by atoms with E-state index in [0.29, 0.717) is 17.1 Å². The smallest absolute Gasteiger partial charge is 0.274 e. The standard InChI is InChI=1S/C29H28ClFN4O/c30-24-9-7-23(8-10-24)28-21-27(22-5-2-1-3-6-22)29(36)35(32-28)16-4-15-33-17-19-34(20-18-33)26-13-11-25(31)12-14-26/h1-3,5-14,21H,4,15-20H2. The molecule has 0 saturated carbocycles. The molecule has 36 heavy (non-hydrogen) atoms. The zero-order valence-electron chi connectivity index (χ0n) is 20.0. The molecule has 5 rings (SSSR count). The summed E-state index contributed by atoms with van der Waals surface area (Å²) in [5.41, 5.74) is 4.16. The highest BCUT2D eigenvalue weighted by Crippen LogP contribution is 2.23. The number of halogens is 2. The minimum absolute atomic E-state index is 0.0833. The van der Waals surface area contributed by atoms with Crippen molar-refractivity contribution in [3.63, 3.8) is 0 Å². The lowest BCUT2D eigenvalue weighted by molar-refractivity contribution is 0.248. The second-order valence-corrected chi connectivity index (χ2v) is 9.44. The van der Waals surface area contributed by atoms with Crippen molar-refractivity contribution in [1.29, 1.82) is 0 Å². The summed E-state index contributed by atoms with van der Waals surface area (Å²) in [4.78, 5) is 18.0. The summed E-state index contributed by atoms with van der Waals surface area (Å²) in [6.07, 6.45) is 0.821. The van der Waals surface area contributed by atoms with Crippen LogP contribution < -0.4 is 10.5 Å². The van der Waals surface area contributed by atoms with Crippen LogP contribution in [-0.2, 0) is 6.54 Å². The Morgan fingerprint density at radius 3 is 2.19 bits per heavy atom. The fourth-order valence-electron chi connectivity index (χ4n) is 4.61. The Balaban J connectivity index is 1.28. The molecule has 184 valence electrons. The SMILES string of the molecule is O=c1c(-c2ccccc2)cc(-c2ccc(Cl)cc2)nn1CCCN1CCN(c2ccc(F)cc2)CC1. The lowest BCUT2D eigenvalue weighted by Crippen LogP contribution is -2.46. The number of piperazine rings is 1. The van der Waals surface area contributed by atoms with Gasteiger partial charge < -0.3 is 4.90 Å². The van der Waals surface area contributed by atoms with Crippen LogP contribution >= 0.6 is 11.6 Å². The van der Waals surface area contributed by atoms with Crippen LogP contribution in [0.5, 0.6) is 0 Å². The summed E-state index contributed by atoms with van der Waals surface area (Å²) in [5, 5.41) is 5.37. The van der Waals surface area contributed by atoms with E-state index in [1.165, 1.54) is 12.1 Å². The third-order valence-electron chi connectivity index (χ3n) is 6.61. The second-order valence-electron chi connectivity index (χ2n) is 9.00. The summed E-state index contributed by atoms with van der Waals surface area (Å²) >= 11 is 6.08. The van der Waals surface area contributed by atoms with E-state index in [4.69, 9.17) is 16.7 Å². The molecule has 1 aliphatic heterocycles. The fourth-order valence-corrected chi connectivity index (χ4v) is 4.73. The Kier molecular flexibility index (Phi) is 7.44. The van der Waals surface area contributed by atoms with Crippen molar-refractivity contribution in [2.75, 3.05) is 37.6 Å². The molecule has 0 bridgehead atoms. The van der Waals surface area contributed by atoms with Gasteiger partial charge in [-0.2, -0.15) is 5.10 Å². The summed E-state index contributed by atoms with van der Waals surface area (Å²) in [5.74, 6) is -0.211. The van der Waals surface area contributed by atoms with E-state index >= 15 is 0 Å². The largest absolute Gasteiger partial charge is 0.369 e. The highest BCUT2D eigenvalue weighted by Gasteiger charge is 2.18. The predicted octanol–water partition coefficient (Wildman–Crippen LogP) is 5.58. The van der Waals surface area contributed by atoms with E-state index in [1.54, 1.807) is 4.68 Å². The molecule has 0 aliphatic carbocycles. The molecule has 0 radical (unpaired) electrons. The number of anilines is 1. The van der Waals surface area contributed by atoms with E-state index < -0.39 is 0 Å². The van der Waals surface area contributed by atoms with Gasteiger partial charge in [-0.15, -0.1) is 0 Å². The minimum atomic E-state index is -0.211. The Morgan fingerprint density at radius 1 is 0.806 bits per heavy atom. The molecular formula is C29H28ClFN4O. The molecular weight excluding hydrogens is 475 g/mol. The average molecular weight is 503 g/mol. The first kappa shape index (κ1) is 24.2. The summed E-state index contributed by atoms with van der Waals surface area (Å²) in [6.45, 7) is 5.08. The molecule has 0 amide bonds. The first-order chi connectivity index (χ1) is 17.6. The average Bonchev–Trinajstić information content (AvgIpc) is 2.91. The maximum absolute atomic E-state index is 13.3. The van der Waals surface area contributed by atoms with E-state index in [1.807, 2.05) is 72.8 Å². The maximum atomic E-state index is 13.3. The van der Waals surface area contributed by atoms with Crippen LogP contribution in [0.4, 0.5) is 10.1 Å². The van der Waals surface area contributed by atoms with Crippen molar-refractivity contribution < 1.29 is 4.39 Å². The van der Waals surface area contributed by atoms with E-state index in [2.05, 4.69) is 9.80 Å². The molecule has 1 saturated heterocycles. The monoisotopic (exact) mass is 502 g/mol. The molecule has 3 aromatic carbocycles. The maximum Gasteiger partial charge on any atom is 0.274 e. The molecule has 0 unspecified atom stereocenters. The van der Waals surface area contributed by atoms with Crippen LogP contribution in [0.3, 0.4) is 0 Å². The predicted molar refractivity (Wildman–Crippen MR) is 144 cm³/mol. The van der Waals surface area contributed by atoms with Crippen molar-refractivity contribution >= 4 is 17.3 Å². The molecule has 0 N–H and O–H groups in total. The molecule has 1 fully saturated rings. The van der Waals surface area contributed by atoms with Gasteiger partial charge in [-0.3, -0.25) is 9.69 Å². The van der Waals surface area contributed by atoms with Crippen LogP contribution in [0.2, 0.25) is 5.02 Å². The third kappa shape index (κ3) is 5.66. The van der Waals surface area contributed by atoms with Gasteiger partial charge >= 0.3 is 0 Å². The lowest BCUT2D eigenvalue weighted by Gasteiger charge is -2.36. The number of hydrogen-bond acceptors (Lipinski definition) is 4. The van der Waals surface area contributed by atoms with E-state index in [0.717, 1.165) is 61.7 Å².